The van der Waals surface area contributed by atoms with E-state index in [1.807, 2.05) is 12.1 Å². The number of aliphatic hydroxyl groups excluding tert-OH is 1. The molecule has 1 amide bonds. The molecule has 1 aliphatic carbocycles. The molecule has 1 saturated carbocycles. The first-order valence-corrected chi connectivity index (χ1v) is 11.1. The highest BCUT2D eigenvalue weighted by atomic mass is 19.1. The molecular formula is C25H25FN4O3. The molecule has 3 aromatic rings. The van der Waals surface area contributed by atoms with E-state index >= 15 is 0 Å². The van der Waals surface area contributed by atoms with Crippen LogP contribution >= 0.6 is 0 Å². The number of amides is 1. The predicted molar refractivity (Wildman–Crippen MR) is 119 cm³/mol. The van der Waals surface area contributed by atoms with Gasteiger partial charge in [0.05, 0.1) is 30.0 Å². The summed E-state index contributed by atoms with van der Waals surface area (Å²) in [4.78, 5) is 15.1. The van der Waals surface area contributed by atoms with Crippen molar-refractivity contribution in [1.29, 1.82) is 0 Å². The lowest BCUT2D eigenvalue weighted by molar-refractivity contribution is 0.00250. The molecule has 4 atom stereocenters. The Morgan fingerprint density at radius 3 is 2.76 bits per heavy atom. The van der Waals surface area contributed by atoms with Crippen molar-refractivity contribution in [3.05, 3.63) is 89.5 Å². The Hall–Kier alpha value is -3.36. The number of fused-ring (bicyclic) bond motifs is 1. The minimum atomic E-state index is -0.862. The molecule has 7 nitrogen and oxygen atoms in total. The molecule has 2 heterocycles. The van der Waals surface area contributed by atoms with Gasteiger partial charge < -0.3 is 15.2 Å². The highest BCUT2D eigenvalue weighted by molar-refractivity contribution is 5.94. The van der Waals surface area contributed by atoms with E-state index < -0.39 is 18.0 Å². The number of hydrogen-bond acceptors (Lipinski definition) is 6. The van der Waals surface area contributed by atoms with Gasteiger partial charge in [-0.15, -0.1) is 0 Å². The Morgan fingerprint density at radius 2 is 1.97 bits per heavy atom. The second kappa shape index (κ2) is 9.25. The quantitative estimate of drug-likeness (QED) is 0.623. The van der Waals surface area contributed by atoms with Gasteiger partial charge in [-0.05, 0) is 35.7 Å². The van der Waals surface area contributed by atoms with Gasteiger partial charge in [-0.25, -0.2) is 4.39 Å². The van der Waals surface area contributed by atoms with Crippen molar-refractivity contribution in [1.82, 2.24) is 20.4 Å². The van der Waals surface area contributed by atoms with Crippen molar-refractivity contribution in [2.45, 2.75) is 43.7 Å². The van der Waals surface area contributed by atoms with Gasteiger partial charge in [-0.3, -0.25) is 9.69 Å². The van der Waals surface area contributed by atoms with Crippen LogP contribution in [0.1, 0.15) is 27.9 Å². The molecule has 0 radical (unpaired) electrons. The normalized spacial score (nSPS) is 24.8. The summed E-state index contributed by atoms with van der Waals surface area (Å²) in [5.74, 6) is -0.331. The molecule has 2 N–H and O–H groups in total. The summed E-state index contributed by atoms with van der Waals surface area (Å²) in [6.07, 6.45) is 2.68. The summed E-state index contributed by atoms with van der Waals surface area (Å²) >= 11 is 0. The van der Waals surface area contributed by atoms with Crippen LogP contribution in [0, 0.1) is 5.82 Å². The number of benzene rings is 2. The molecular weight excluding hydrogens is 423 g/mol. The van der Waals surface area contributed by atoms with E-state index in [0.29, 0.717) is 24.3 Å². The molecule has 0 unspecified atom stereocenters. The van der Waals surface area contributed by atoms with Crippen molar-refractivity contribution in [2.75, 3.05) is 6.54 Å². The van der Waals surface area contributed by atoms with Crippen LogP contribution in [-0.2, 0) is 13.0 Å². The monoisotopic (exact) mass is 448 g/mol. The van der Waals surface area contributed by atoms with Crippen LogP contribution in [0.3, 0.4) is 0 Å². The number of aromatic nitrogens is 2. The molecule has 0 bridgehead atoms. The fraction of sp³-hybridized carbons (Fsp3) is 0.320. The summed E-state index contributed by atoms with van der Waals surface area (Å²) in [7, 11) is 0. The number of ether oxygens (including phenoxy) is 1. The van der Waals surface area contributed by atoms with E-state index in [4.69, 9.17) is 4.74 Å². The maximum absolute atomic E-state index is 13.7. The van der Waals surface area contributed by atoms with E-state index in [9.17, 15) is 14.3 Å². The van der Waals surface area contributed by atoms with Gasteiger partial charge in [-0.1, -0.05) is 30.3 Å². The third kappa shape index (κ3) is 4.58. The standard InChI is InChI=1S/C25H25FN4O3/c26-19-6-3-7-20(12-19)33-22-13-21(29-25(32)17-8-10-27-28-14-17)23(24(22)31)30-11-9-16-4-1-2-5-18(16)15-30/h1-8,10,12,14,21-24,31H,9,11,13,15H2,(H,29,32)/t21-,22-,23+,24+/m1/s1. The number of carbonyl (C=O) groups is 1. The van der Waals surface area contributed by atoms with Gasteiger partial charge in [0.15, 0.2) is 0 Å². The van der Waals surface area contributed by atoms with Gasteiger partial charge in [-0.2, -0.15) is 10.2 Å². The van der Waals surface area contributed by atoms with E-state index in [0.717, 1.165) is 13.0 Å². The van der Waals surface area contributed by atoms with E-state index in [1.165, 1.54) is 35.7 Å². The van der Waals surface area contributed by atoms with Crippen LogP contribution in [0.4, 0.5) is 4.39 Å². The lowest BCUT2D eigenvalue weighted by Gasteiger charge is -2.38. The molecule has 1 aliphatic heterocycles. The number of rotatable bonds is 5. The molecule has 1 fully saturated rings. The zero-order chi connectivity index (χ0) is 22.8. The first kappa shape index (κ1) is 21.5. The zero-order valence-electron chi connectivity index (χ0n) is 18.0. The lowest BCUT2D eigenvalue weighted by Crippen LogP contribution is -2.54. The van der Waals surface area contributed by atoms with Crippen molar-refractivity contribution < 1.29 is 19.0 Å². The van der Waals surface area contributed by atoms with Gasteiger partial charge >= 0.3 is 0 Å². The number of hydrogen-bond donors (Lipinski definition) is 2. The number of carbonyl (C=O) groups excluding carboxylic acids is 1. The summed E-state index contributed by atoms with van der Waals surface area (Å²) in [5, 5.41) is 21.9. The van der Waals surface area contributed by atoms with E-state index in [2.05, 4.69) is 32.5 Å². The van der Waals surface area contributed by atoms with Crippen molar-refractivity contribution in [2.24, 2.45) is 0 Å². The third-order valence-electron chi connectivity index (χ3n) is 6.46. The second-order valence-electron chi connectivity index (χ2n) is 8.53. The first-order chi connectivity index (χ1) is 16.1. The van der Waals surface area contributed by atoms with Crippen LogP contribution in [0.25, 0.3) is 0 Å². The van der Waals surface area contributed by atoms with Crippen LogP contribution in [0.5, 0.6) is 5.75 Å². The summed E-state index contributed by atoms with van der Waals surface area (Å²) in [6, 6.07) is 15.0. The smallest absolute Gasteiger partial charge is 0.253 e. The number of aliphatic hydroxyl groups is 1. The minimum absolute atomic E-state index is 0.282. The van der Waals surface area contributed by atoms with Gasteiger partial charge in [0.1, 0.15) is 23.8 Å². The SMILES string of the molecule is O=C(N[C@@H]1C[C@@H](Oc2cccc(F)c2)[C@H](O)[C@H]1N1CCc2ccccc2C1)c1ccnnc1. The summed E-state index contributed by atoms with van der Waals surface area (Å²) in [6.45, 7) is 1.43. The van der Waals surface area contributed by atoms with E-state index in [1.54, 1.807) is 18.2 Å². The average Bonchev–Trinajstić information content (AvgIpc) is 3.13. The highest BCUT2D eigenvalue weighted by Crippen LogP contribution is 2.32. The van der Waals surface area contributed by atoms with Crippen LogP contribution in [0.15, 0.2) is 67.0 Å². The van der Waals surface area contributed by atoms with Crippen LogP contribution in [0.2, 0.25) is 0 Å². The van der Waals surface area contributed by atoms with Gasteiger partial charge in [0.2, 0.25) is 0 Å². The molecule has 0 saturated heterocycles. The predicted octanol–water partition coefficient (Wildman–Crippen LogP) is 2.35. The Morgan fingerprint density at radius 1 is 1.12 bits per heavy atom. The number of halogens is 1. The van der Waals surface area contributed by atoms with Crippen LogP contribution in [-0.4, -0.2) is 56.9 Å². The third-order valence-corrected chi connectivity index (χ3v) is 6.46. The zero-order valence-corrected chi connectivity index (χ0v) is 18.0. The average molecular weight is 448 g/mol. The lowest BCUT2D eigenvalue weighted by atomic mass is 9.97. The summed E-state index contributed by atoms with van der Waals surface area (Å²) in [5.41, 5.74) is 2.92. The molecule has 0 spiro atoms. The molecule has 170 valence electrons. The molecule has 5 rings (SSSR count). The Labute approximate surface area is 191 Å². The fourth-order valence-electron chi connectivity index (χ4n) is 4.88. The molecule has 1 aromatic heterocycles. The van der Waals surface area contributed by atoms with Crippen LogP contribution < -0.4 is 10.1 Å². The second-order valence-corrected chi connectivity index (χ2v) is 8.53. The topological polar surface area (TPSA) is 87.6 Å². The molecule has 33 heavy (non-hydrogen) atoms. The Balaban J connectivity index is 1.39. The Kier molecular flexibility index (Phi) is 6.02. The summed E-state index contributed by atoms with van der Waals surface area (Å²) < 4.78 is 19.7. The van der Waals surface area contributed by atoms with Crippen molar-refractivity contribution >= 4 is 5.91 Å². The fourth-order valence-corrected chi connectivity index (χ4v) is 4.88. The minimum Gasteiger partial charge on any atom is -0.487 e. The molecule has 8 heteroatoms. The van der Waals surface area contributed by atoms with E-state index in [-0.39, 0.29) is 18.0 Å². The maximum Gasteiger partial charge on any atom is 0.253 e. The Bertz CT molecular complexity index is 1130. The molecule has 2 aliphatic rings. The highest BCUT2D eigenvalue weighted by Gasteiger charge is 2.48. The number of nitrogens with zero attached hydrogens (tertiary/aromatic N) is 3. The molecule has 2 aromatic carbocycles. The largest absolute Gasteiger partial charge is 0.487 e. The van der Waals surface area contributed by atoms with Crippen molar-refractivity contribution in [3.8, 4) is 5.75 Å². The van der Waals surface area contributed by atoms with Crippen molar-refractivity contribution in [3.63, 3.8) is 0 Å². The maximum atomic E-state index is 13.7. The number of nitrogens with one attached hydrogen (secondary N) is 1. The van der Waals surface area contributed by atoms with Gasteiger partial charge in [0.25, 0.3) is 5.91 Å². The first-order valence-electron chi connectivity index (χ1n) is 11.1. The van der Waals surface area contributed by atoms with Gasteiger partial charge in [0, 0.05) is 25.6 Å².